The van der Waals surface area contributed by atoms with Crippen LogP contribution in [0.1, 0.15) is 71.1 Å². The number of hydrogen-bond donors (Lipinski definition) is 0. The molecule has 0 spiro atoms. The first kappa shape index (κ1) is 17.9. The Labute approximate surface area is 130 Å². The number of carbonyl (C=O) groups excluding carboxylic acids is 1. The van der Waals surface area contributed by atoms with E-state index in [2.05, 4.69) is 6.92 Å². The van der Waals surface area contributed by atoms with Crippen molar-refractivity contribution in [2.75, 3.05) is 20.4 Å². The van der Waals surface area contributed by atoms with Gasteiger partial charge in [-0.05, 0) is 6.42 Å². The summed E-state index contributed by atoms with van der Waals surface area (Å²) in [6.07, 6.45) is 15.9. The van der Waals surface area contributed by atoms with Crippen molar-refractivity contribution in [2.45, 2.75) is 71.1 Å². The summed E-state index contributed by atoms with van der Waals surface area (Å²) in [7, 11) is 2.00. The Morgan fingerprint density at radius 1 is 1.00 bits per heavy atom. The van der Waals surface area contributed by atoms with Gasteiger partial charge in [0, 0.05) is 25.9 Å². The molecule has 0 amide bonds. The van der Waals surface area contributed by atoms with Crippen molar-refractivity contribution in [1.82, 2.24) is 9.80 Å². The maximum Gasteiger partial charge on any atom is 0.307 e. The lowest BCUT2D eigenvalue weighted by atomic mass is 10.1. The summed E-state index contributed by atoms with van der Waals surface area (Å²) in [5.41, 5.74) is 0. The first-order valence-corrected chi connectivity index (χ1v) is 8.50. The van der Waals surface area contributed by atoms with Gasteiger partial charge < -0.3 is 14.5 Å². The Bertz CT molecular complexity index is 305. The molecule has 21 heavy (non-hydrogen) atoms. The van der Waals surface area contributed by atoms with Gasteiger partial charge in [0.2, 0.25) is 0 Å². The number of unbranched alkanes of at least 4 members (excludes halogenated alkanes) is 8. The summed E-state index contributed by atoms with van der Waals surface area (Å²) in [4.78, 5) is 15.6. The molecular formula is C17H32N2O2. The highest BCUT2D eigenvalue weighted by atomic mass is 16.5. The van der Waals surface area contributed by atoms with E-state index in [1.165, 1.54) is 44.9 Å². The van der Waals surface area contributed by atoms with Gasteiger partial charge in [0.15, 0.2) is 6.73 Å². The monoisotopic (exact) mass is 296 g/mol. The third-order valence-corrected chi connectivity index (χ3v) is 3.81. The second kappa shape index (κ2) is 11.5. The summed E-state index contributed by atoms with van der Waals surface area (Å²) in [6, 6.07) is 0. The third kappa shape index (κ3) is 9.38. The quantitative estimate of drug-likeness (QED) is 0.401. The molecule has 4 nitrogen and oxygen atoms in total. The topological polar surface area (TPSA) is 32.8 Å². The lowest BCUT2D eigenvalue weighted by Crippen LogP contribution is -2.26. The molecule has 0 unspecified atom stereocenters. The van der Waals surface area contributed by atoms with Crippen LogP contribution in [0.4, 0.5) is 0 Å². The number of hydrogen-bond acceptors (Lipinski definition) is 4. The van der Waals surface area contributed by atoms with Gasteiger partial charge in [-0.1, -0.05) is 58.3 Å². The van der Waals surface area contributed by atoms with Crippen molar-refractivity contribution in [3.05, 3.63) is 12.4 Å². The smallest absolute Gasteiger partial charge is 0.307 e. The molecule has 0 atom stereocenters. The van der Waals surface area contributed by atoms with Crippen LogP contribution in [0.25, 0.3) is 0 Å². The summed E-state index contributed by atoms with van der Waals surface area (Å²) >= 11 is 0. The molecule has 1 aliphatic rings. The fourth-order valence-electron chi connectivity index (χ4n) is 2.48. The number of esters is 1. The van der Waals surface area contributed by atoms with Gasteiger partial charge in [0.25, 0.3) is 0 Å². The molecule has 1 aliphatic heterocycles. The van der Waals surface area contributed by atoms with Gasteiger partial charge in [-0.3, -0.25) is 4.79 Å². The van der Waals surface area contributed by atoms with E-state index in [0.717, 1.165) is 19.5 Å². The molecule has 0 saturated carbocycles. The summed E-state index contributed by atoms with van der Waals surface area (Å²) in [5, 5.41) is 0. The van der Waals surface area contributed by atoms with Crippen molar-refractivity contribution < 1.29 is 9.53 Å². The minimum Gasteiger partial charge on any atom is -0.444 e. The molecule has 0 aromatic carbocycles. The predicted octanol–water partition coefficient (Wildman–Crippen LogP) is 4.08. The average Bonchev–Trinajstić information content (AvgIpc) is 2.89. The van der Waals surface area contributed by atoms with Gasteiger partial charge in [-0.25, -0.2) is 0 Å². The molecule has 0 fully saturated rings. The van der Waals surface area contributed by atoms with Crippen LogP contribution >= 0.6 is 0 Å². The Kier molecular flexibility index (Phi) is 9.75. The maximum absolute atomic E-state index is 11.6. The zero-order valence-electron chi connectivity index (χ0n) is 13.9. The SMILES string of the molecule is CCCCCCCCCCCC(=O)OCN1C=CN(C)C1. The van der Waals surface area contributed by atoms with Crippen molar-refractivity contribution >= 4 is 5.97 Å². The fraction of sp³-hybridized carbons (Fsp3) is 0.824. The van der Waals surface area contributed by atoms with Crippen LogP contribution in [0, 0.1) is 0 Å². The first-order chi connectivity index (χ1) is 10.2. The van der Waals surface area contributed by atoms with E-state index in [1.807, 2.05) is 29.2 Å². The van der Waals surface area contributed by atoms with Crippen LogP contribution in [-0.4, -0.2) is 36.2 Å². The minimum absolute atomic E-state index is 0.0686. The van der Waals surface area contributed by atoms with E-state index in [1.54, 1.807) is 0 Å². The molecule has 122 valence electrons. The van der Waals surface area contributed by atoms with Crippen LogP contribution in [0.5, 0.6) is 0 Å². The molecule has 0 bridgehead atoms. The second-order valence-corrected chi connectivity index (χ2v) is 6.01. The van der Waals surface area contributed by atoms with Crippen LogP contribution in [0.3, 0.4) is 0 Å². The molecular weight excluding hydrogens is 264 g/mol. The molecule has 0 aliphatic carbocycles. The zero-order valence-corrected chi connectivity index (χ0v) is 13.9. The number of carbonyl (C=O) groups is 1. The summed E-state index contributed by atoms with van der Waals surface area (Å²) < 4.78 is 5.26. The number of ether oxygens (including phenoxy) is 1. The maximum atomic E-state index is 11.6. The van der Waals surface area contributed by atoms with E-state index in [4.69, 9.17) is 4.74 Å². The second-order valence-electron chi connectivity index (χ2n) is 6.01. The van der Waals surface area contributed by atoms with E-state index >= 15 is 0 Å². The summed E-state index contributed by atoms with van der Waals surface area (Å²) in [5.74, 6) is -0.0686. The van der Waals surface area contributed by atoms with E-state index in [-0.39, 0.29) is 5.97 Å². The van der Waals surface area contributed by atoms with Gasteiger partial charge in [0.1, 0.15) is 0 Å². The Morgan fingerprint density at radius 2 is 1.62 bits per heavy atom. The third-order valence-electron chi connectivity index (χ3n) is 3.81. The molecule has 4 heteroatoms. The molecule has 0 aromatic rings. The molecule has 0 radical (unpaired) electrons. The lowest BCUT2D eigenvalue weighted by Gasteiger charge is -2.17. The normalized spacial score (nSPS) is 14.0. The summed E-state index contributed by atoms with van der Waals surface area (Å²) in [6.45, 7) is 3.42. The molecule has 1 rings (SSSR count). The highest BCUT2D eigenvalue weighted by molar-refractivity contribution is 5.69. The highest BCUT2D eigenvalue weighted by Gasteiger charge is 2.10. The fourth-order valence-corrected chi connectivity index (χ4v) is 2.48. The zero-order chi connectivity index (χ0) is 15.3. The number of nitrogens with zero attached hydrogens (tertiary/aromatic N) is 2. The largest absolute Gasteiger partial charge is 0.444 e. The first-order valence-electron chi connectivity index (χ1n) is 8.50. The van der Waals surface area contributed by atoms with E-state index in [9.17, 15) is 4.79 Å². The van der Waals surface area contributed by atoms with Crippen molar-refractivity contribution in [3.8, 4) is 0 Å². The Balaban J connectivity index is 1.84. The van der Waals surface area contributed by atoms with Crippen LogP contribution in [0.15, 0.2) is 12.4 Å². The van der Waals surface area contributed by atoms with Gasteiger partial charge >= 0.3 is 5.97 Å². The van der Waals surface area contributed by atoms with Gasteiger partial charge in [0.05, 0.1) is 6.67 Å². The van der Waals surface area contributed by atoms with E-state index in [0.29, 0.717) is 13.2 Å². The standard InChI is InChI=1S/C17H32N2O2/c1-3-4-5-6-7-8-9-10-11-12-17(20)21-16-19-14-13-18(2)15-19/h13-14H,3-12,15-16H2,1-2H3. The predicted molar refractivity (Wildman–Crippen MR) is 86.4 cm³/mol. The van der Waals surface area contributed by atoms with Crippen LogP contribution < -0.4 is 0 Å². The Hall–Kier alpha value is -1.19. The molecule has 0 saturated heterocycles. The lowest BCUT2D eigenvalue weighted by molar-refractivity contribution is -0.147. The van der Waals surface area contributed by atoms with Gasteiger partial charge in [-0.2, -0.15) is 0 Å². The molecule has 0 N–H and O–H groups in total. The van der Waals surface area contributed by atoms with Crippen molar-refractivity contribution in [3.63, 3.8) is 0 Å². The van der Waals surface area contributed by atoms with E-state index < -0.39 is 0 Å². The average molecular weight is 296 g/mol. The van der Waals surface area contributed by atoms with Crippen molar-refractivity contribution in [1.29, 1.82) is 0 Å². The van der Waals surface area contributed by atoms with Gasteiger partial charge in [-0.15, -0.1) is 0 Å². The highest BCUT2D eigenvalue weighted by Crippen LogP contribution is 2.11. The molecule has 1 heterocycles. The minimum atomic E-state index is -0.0686. The van der Waals surface area contributed by atoms with Crippen LogP contribution in [0.2, 0.25) is 0 Å². The van der Waals surface area contributed by atoms with Crippen LogP contribution in [-0.2, 0) is 9.53 Å². The molecule has 0 aromatic heterocycles. The number of rotatable bonds is 12. The Morgan fingerprint density at radius 3 is 2.19 bits per heavy atom. The van der Waals surface area contributed by atoms with Crippen molar-refractivity contribution in [2.24, 2.45) is 0 Å².